The molecule has 0 bridgehead atoms. The second kappa shape index (κ2) is 6.77. The summed E-state index contributed by atoms with van der Waals surface area (Å²) in [7, 11) is 2.19. The summed E-state index contributed by atoms with van der Waals surface area (Å²) in [5, 5.41) is 0. The Hall–Kier alpha value is -1.10. The Morgan fingerprint density at radius 2 is 2.05 bits per heavy atom. The van der Waals surface area contributed by atoms with Crippen LogP contribution < -0.4 is 10.5 Å². The monoisotopic (exact) mass is 289 g/mol. The number of fused-ring (bicyclic) bond motifs is 1. The summed E-state index contributed by atoms with van der Waals surface area (Å²) in [6.45, 7) is 6.42. The van der Waals surface area contributed by atoms with Crippen LogP contribution in [0.2, 0.25) is 0 Å². The minimum Gasteiger partial charge on any atom is -0.492 e. The summed E-state index contributed by atoms with van der Waals surface area (Å²) in [4.78, 5) is 4.86. The van der Waals surface area contributed by atoms with Crippen LogP contribution >= 0.6 is 0 Å². The number of hydrogen-bond acceptors (Lipinski definition) is 4. The maximum atomic E-state index is 6.15. The highest BCUT2D eigenvalue weighted by atomic mass is 16.5. The van der Waals surface area contributed by atoms with Crippen molar-refractivity contribution in [2.24, 2.45) is 5.73 Å². The van der Waals surface area contributed by atoms with Gasteiger partial charge >= 0.3 is 0 Å². The highest BCUT2D eigenvalue weighted by molar-refractivity contribution is 5.38. The van der Waals surface area contributed by atoms with E-state index in [4.69, 9.17) is 10.5 Å². The third-order valence-electron chi connectivity index (χ3n) is 4.75. The highest BCUT2D eigenvalue weighted by Crippen LogP contribution is 2.30. The van der Waals surface area contributed by atoms with Gasteiger partial charge in [0, 0.05) is 38.8 Å². The zero-order valence-corrected chi connectivity index (χ0v) is 13.1. The number of nitrogens with zero attached hydrogens (tertiary/aromatic N) is 2. The van der Waals surface area contributed by atoms with Gasteiger partial charge in [0.1, 0.15) is 12.4 Å². The van der Waals surface area contributed by atoms with Gasteiger partial charge in [-0.2, -0.15) is 0 Å². The summed E-state index contributed by atoms with van der Waals surface area (Å²) in [5.74, 6) is 0.997. The molecule has 1 aromatic carbocycles. The Labute approximate surface area is 127 Å². The van der Waals surface area contributed by atoms with E-state index in [1.165, 1.54) is 17.5 Å². The van der Waals surface area contributed by atoms with Crippen molar-refractivity contribution in [2.75, 3.05) is 46.4 Å². The predicted molar refractivity (Wildman–Crippen MR) is 85.7 cm³/mol. The molecule has 1 saturated heterocycles. The van der Waals surface area contributed by atoms with Gasteiger partial charge in [-0.05, 0) is 49.6 Å². The van der Waals surface area contributed by atoms with Gasteiger partial charge in [0.25, 0.3) is 0 Å². The fourth-order valence-corrected chi connectivity index (χ4v) is 3.28. The maximum Gasteiger partial charge on any atom is 0.119 e. The lowest BCUT2D eigenvalue weighted by Crippen LogP contribution is -2.45. The smallest absolute Gasteiger partial charge is 0.119 e. The quantitative estimate of drug-likeness (QED) is 0.915. The normalized spacial score (nSPS) is 23.8. The molecule has 0 saturated carbocycles. The highest BCUT2D eigenvalue weighted by Gasteiger charge is 2.17. The van der Waals surface area contributed by atoms with E-state index in [2.05, 4.69) is 35.0 Å². The van der Waals surface area contributed by atoms with Crippen LogP contribution in [0.4, 0.5) is 0 Å². The number of ether oxygens (including phenoxy) is 1. The maximum absolute atomic E-state index is 6.15. The number of hydrogen-bond donors (Lipinski definition) is 1. The van der Waals surface area contributed by atoms with Crippen molar-refractivity contribution < 1.29 is 4.74 Å². The van der Waals surface area contributed by atoms with E-state index in [1.807, 2.05) is 0 Å². The van der Waals surface area contributed by atoms with Gasteiger partial charge in [0.05, 0.1) is 0 Å². The minimum absolute atomic E-state index is 0.216. The van der Waals surface area contributed by atoms with Crippen LogP contribution in [0.1, 0.15) is 30.0 Å². The van der Waals surface area contributed by atoms with Gasteiger partial charge in [-0.15, -0.1) is 0 Å². The molecule has 1 fully saturated rings. The van der Waals surface area contributed by atoms with Crippen LogP contribution in [0.5, 0.6) is 5.75 Å². The molecule has 0 spiro atoms. The average Bonchev–Trinajstić information content (AvgIpc) is 2.49. The molecule has 0 radical (unpaired) electrons. The van der Waals surface area contributed by atoms with Crippen LogP contribution in [0, 0.1) is 0 Å². The number of benzene rings is 1. The fourth-order valence-electron chi connectivity index (χ4n) is 3.28. The summed E-state index contributed by atoms with van der Waals surface area (Å²) >= 11 is 0. The van der Waals surface area contributed by atoms with Crippen LogP contribution in [0.3, 0.4) is 0 Å². The van der Waals surface area contributed by atoms with E-state index in [0.717, 1.165) is 57.9 Å². The van der Waals surface area contributed by atoms with E-state index < -0.39 is 0 Å². The molecule has 2 aliphatic rings. The number of nitrogens with two attached hydrogens (primary N) is 1. The number of rotatable bonds is 4. The number of piperazine rings is 1. The SMILES string of the molecule is CN1CCN(CCOc2ccc3c(c2)CCCC3N)CC1. The Bertz CT molecular complexity index is 469. The zero-order valence-electron chi connectivity index (χ0n) is 13.1. The van der Waals surface area contributed by atoms with Crippen molar-refractivity contribution in [1.29, 1.82) is 0 Å². The van der Waals surface area contributed by atoms with Crippen molar-refractivity contribution in [3.05, 3.63) is 29.3 Å². The second-order valence-electron chi connectivity index (χ2n) is 6.35. The molecule has 1 aromatic rings. The predicted octanol–water partition coefficient (Wildman–Crippen LogP) is 1.65. The standard InChI is InChI=1S/C17H27N3O/c1-19-7-9-20(10-8-19)11-12-21-15-5-6-16-14(13-15)3-2-4-17(16)18/h5-6,13,17H,2-4,7-12,18H2,1H3. The minimum atomic E-state index is 0.216. The van der Waals surface area contributed by atoms with Gasteiger partial charge in [0.15, 0.2) is 0 Å². The summed E-state index contributed by atoms with van der Waals surface area (Å²) < 4.78 is 5.94. The van der Waals surface area contributed by atoms with Gasteiger partial charge in [-0.1, -0.05) is 6.07 Å². The lowest BCUT2D eigenvalue weighted by Gasteiger charge is -2.32. The molecule has 1 heterocycles. The van der Waals surface area contributed by atoms with Gasteiger partial charge in [-0.25, -0.2) is 0 Å². The van der Waals surface area contributed by atoms with E-state index in [1.54, 1.807) is 0 Å². The molecular weight excluding hydrogens is 262 g/mol. The van der Waals surface area contributed by atoms with Crippen molar-refractivity contribution >= 4 is 0 Å². The molecule has 116 valence electrons. The van der Waals surface area contributed by atoms with E-state index >= 15 is 0 Å². The fraction of sp³-hybridized carbons (Fsp3) is 0.647. The second-order valence-corrected chi connectivity index (χ2v) is 6.35. The van der Waals surface area contributed by atoms with E-state index in [0.29, 0.717) is 0 Å². The zero-order chi connectivity index (χ0) is 14.7. The molecule has 2 N–H and O–H groups in total. The first kappa shape index (κ1) is 14.8. The van der Waals surface area contributed by atoms with Crippen molar-refractivity contribution in [1.82, 2.24) is 9.80 Å². The summed E-state index contributed by atoms with van der Waals surface area (Å²) in [5.41, 5.74) is 8.85. The van der Waals surface area contributed by atoms with E-state index in [-0.39, 0.29) is 6.04 Å². The van der Waals surface area contributed by atoms with Crippen molar-refractivity contribution in [2.45, 2.75) is 25.3 Å². The van der Waals surface area contributed by atoms with Gasteiger partial charge in [0.2, 0.25) is 0 Å². The Balaban J connectivity index is 1.49. The van der Waals surface area contributed by atoms with Crippen LogP contribution in [-0.4, -0.2) is 56.2 Å². The first-order chi connectivity index (χ1) is 10.2. The van der Waals surface area contributed by atoms with Crippen molar-refractivity contribution in [3.8, 4) is 5.75 Å². The lowest BCUT2D eigenvalue weighted by molar-refractivity contribution is 0.133. The number of aryl methyl sites for hydroxylation is 1. The van der Waals surface area contributed by atoms with Crippen LogP contribution in [0.25, 0.3) is 0 Å². The number of likely N-dealkylation sites (N-methyl/N-ethyl adjacent to an activating group) is 1. The van der Waals surface area contributed by atoms with Gasteiger partial charge < -0.3 is 15.4 Å². The molecule has 0 aromatic heterocycles. The molecule has 0 amide bonds. The summed E-state index contributed by atoms with van der Waals surface area (Å²) in [6, 6.07) is 6.64. The molecular formula is C17H27N3O. The van der Waals surface area contributed by atoms with E-state index in [9.17, 15) is 0 Å². The topological polar surface area (TPSA) is 41.7 Å². The first-order valence-corrected chi connectivity index (χ1v) is 8.14. The Morgan fingerprint density at radius 1 is 1.24 bits per heavy atom. The summed E-state index contributed by atoms with van der Waals surface area (Å²) in [6.07, 6.45) is 3.44. The molecule has 1 aliphatic carbocycles. The molecule has 21 heavy (non-hydrogen) atoms. The third-order valence-corrected chi connectivity index (χ3v) is 4.75. The van der Waals surface area contributed by atoms with Crippen LogP contribution in [0.15, 0.2) is 18.2 Å². The molecule has 4 heteroatoms. The van der Waals surface area contributed by atoms with Crippen LogP contribution in [-0.2, 0) is 6.42 Å². The van der Waals surface area contributed by atoms with Crippen molar-refractivity contribution in [3.63, 3.8) is 0 Å². The Morgan fingerprint density at radius 3 is 2.86 bits per heavy atom. The third kappa shape index (κ3) is 3.76. The molecule has 3 rings (SSSR count). The molecule has 1 atom stereocenters. The first-order valence-electron chi connectivity index (χ1n) is 8.14. The lowest BCUT2D eigenvalue weighted by atomic mass is 9.88. The average molecular weight is 289 g/mol. The molecule has 4 nitrogen and oxygen atoms in total. The molecule has 1 aliphatic heterocycles. The van der Waals surface area contributed by atoms with Gasteiger partial charge in [-0.3, -0.25) is 4.90 Å². The molecule has 1 unspecified atom stereocenters. The Kier molecular flexibility index (Phi) is 4.78. The largest absolute Gasteiger partial charge is 0.492 e.